The standard InChI is InChI=1S/C31H27ClN5O3P/c32-21-20-29-31(38)36(27-14-8-3-9-15-27)33-30(24-16-18-28(19-17-24)37(39)40)41(29)34(25-10-4-1-5-11-25)22-23-35(41)26-12-6-2-7-13-26/h1-19H,20-23H2. The number of para-hydroxylation sites is 3. The molecule has 2 aliphatic rings. The van der Waals surface area contributed by atoms with E-state index in [0.29, 0.717) is 41.5 Å². The molecule has 0 aromatic heterocycles. The normalized spacial score (nSPS) is 16.3. The molecule has 0 bridgehead atoms. The lowest BCUT2D eigenvalue weighted by molar-refractivity contribution is -0.384. The van der Waals surface area contributed by atoms with Gasteiger partial charge in [-0.2, -0.15) is 10.1 Å². The van der Waals surface area contributed by atoms with Crippen LogP contribution in [0.1, 0.15) is 12.0 Å². The highest BCUT2D eigenvalue weighted by Crippen LogP contribution is 2.66. The van der Waals surface area contributed by atoms with Gasteiger partial charge in [0.05, 0.1) is 15.9 Å². The fraction of sp³-hybridized carbons (Fsp3) is 0.129. The molecule has 0 N–H and O–H groups in total. The third-order valence-corrected chi connectivity index (χ3v) is 11.9. The second kappa shape index (κ2) is 11.2. The summed E-state index contributed by atoms with van der Waals surface area (Å²) in [6.07, 6.45) is 0.357. The summed E-state index contributed by atoms with van der Waals surface area (Å²) in [5, 5.41) is 18.8. The van der Waals surface area contributed by atoms with Gasteiger partial charge in [0, 0.05) is 48.0 Å². The van der Waals surface area contributed by atoms with E-state index in [4.69, 9.17) is 16.7 Å². The van der Waals surface area contributed by atoms with E-state index >= 15 is 0 Å². The van der Waals surface area contributed by atoms with Gasteiger partial charge in [-0.05, 0) is 55.0 Å². The van der Waals surface area contributed by atoms with E-state index in [-0.39, 0.29) is 17.5 Å². The van der Waals surface area contributed by atoms with Crippen molar-refractivity contribution >= 4 is 58.2 Å². The van der Waals surface area contributed by atoms with Crippen molar-refractivity contribution in [3.8, 4) is 0 Å². The molecular formula is C31H27ClN5O3P. The van der Waals surface area contributed by atoms with Crippen LogP contribution in [0, 0.1) is 10.1 Å². The Labute approximate surface area is 243 Å². The van der Waals surface area contributed by atoms with Crippen molar-refractivity contribution in [3.05, 3.63) is 131 Å². The topological polar surface area (TPSA) is 82.3 Å². The van der Waals surface area contributed by atoms with Crippen molar-refractivity contribution in [1.82, 2.24) is 0 Å². The number of anilines is 3. The lowest BCUT2D eigenvalue weighted by atomic mass is 10.2. The van der Waals surface area contributed by atoms with E-state index < -0.39 is 12.1 Å². The molecule has 1 saturated heterocycles. The molecule has 0 radical (unpaired) electrons. The number of nitro benzene ring substituents is 1. The molecule has 0 saturated carbocycles. The monoisotopic (exact) mass is 583 g/mol. The molecule has 2 heterocycles. The van der Waals surface area contributed by atoms with Crippen LogP contribution in [-0.2, 0) is 4.79 Å². The van der Waals surface area contributed by atoms with Crippen LogP contribution < -0.4 is 14.3 Å². The average Bonchev–Trinajstić information content (AvgIpc) is 3.41. The largest absolute Gasteiger partial charge is 0.330 e. The molecule has 1 fully saturated rings. The van der Waals surface area contributed by atoms with Crippen LogP contribution in [-0.4, -0.2) is 40.5 Å². The molecule has 1 spiro atoms. The molecule has 6 rings (SSSR count). The summed E-state index contributed by atoms with van der Waals surface area (Å²) in [5.41, 5.74) is 3.99. The second-order valence-electron chi connectivity index (χ2n) is 9.58. The van der Waals surface area contributed by atoms with Crippen molar-refractivity contribution in [3.63, 3.8) is 0 Å². The molecule has 0 aliphatic carbocycles. The molecule has 1 amide bonds. The zero-order chi connectivity index (χ0) is 28.4. The van der Waals surface area contributed by atoms with Crippen LogP contribution in [0.25, 0.3) is 0 Å². The van der Waals surface area contributed by atoms with E-state index in [0.717, 1.165) is 11.4 Å². The van der Waals surface area contributed by atoms with Gasteiger partial charge in [-0.15, -0.1) is 11.6 Å². The molecule has 10 heteroatoms. The molecule has 2 aliphatic heterocycles. The van der Waals surface area contributed by atoms with Gasteiger partial charge in [0.25, 0.3) is 11.6 Å². The summed E-state index contributed by atoms with van der Waals surface area (Å²) < 4.78 is 4.64. The molecule has 4 aromatic rings. The zero-order valence-corrected chi connectivity index (χ0v) is 23.7. The highest BCUT2D eigenvalue weighted by atomic mass is 35.5. The average molecular weight is 584 g/mol. The summed E-state index contributed by atoms with van der Waals surface area (Å²) in [6, 6.07) is 35.9. The zero-order valence-electron chi connectivity index (χ0n) is 22.1. The highest BCUT2D eigenvalue weighted by molar-refractivity contribution is 7.95. The van der Waals surface area contributed by atoms with Gasteiger partial charge in [-0.3, -0.25) is 14.9 Å². The van der Waals surface area contributed by atoms with Gasteiger partial charge >= 0.3 is 0 Å². The van der Waals surface area contributed by atoms with Gasteiger partial charge in [0.1, 0.15) is 12.6 Å². The van der Waals surface area contributed by atoms with Crippen molar-refractivity contribution in [2.45, 2.75) is 6.42 Å². The van der Waals surface area contributed by atoms with Gasteiger partial charge < -0.3 is 9.34 Å². The number of benzene rings is 4. The lowest BCUT2D eigenvalue weighted by Gasteiger charge is -2.45. The minimum atomic E-state index is -2.93. The van der Waals surface area contributed by atoms with Crippen molar-refractivity contribution in [2.75, 3.05) is 33.3 Å². The molecule has 206 valence electrons. The SMILES string of the molecule is O=C1C(CCCl)=P2(C(c3ccc([N+](=O)[O-])cc3)=NN1c1ccccc1)N(c1ccccc1)CCN2c1ccccc1. The summed E-state index contributed by atoms with van der Waals surface area (Å²) in [5.74, 6) is 0.0594. The number of non-ortho nitro benzene ring substituents is 1. The third-order valence-electron chi connectivity index (χ3n) is 7.30. The third kappa shape index (κ3) is 4.59. The van der Waals surface area contributed by atoms with E-state index in [1.807, 2.05) is 66.7 Å². The molecule has 4 aromatic carbocycles. The first-order valence-corrected chi connectivity index (χ1v) is 15.5. The first-order chi connectivity index (χ1) is 20.1. The van der Waals surface area contributed by atoms with Gasteiger partial charge in [0.15, 0.2) is 0 Å². The molecule has 0 unspecified atom stereocenters. The van der Waals surface area contributed by atoms with Crippen LogP contribution in [0.2, 0.25) is 0 Å². The van der Waals surface area contributed by atoms with Gasteiger partial charge in [-0.25, -0.2) is 0 Å². The maximum Gasteiger partial charge on any atom is 0.278 e. The number of nitrogens with zero attached hydrogens (tertiary/aromatic N) is 5. The number of nitro groups is 1. The van der Waals surface area contributed by atoms with E-state index in [1.54, 1.807) is 12.1 Å². The second-order valence-corrected chi connectivity index (χ2v) is 13.1. The Morgan fingerprint density at radius 3 is 1.71 bits per heavy atom. The Morgan fingerprint density at radius 2 is 1.24 bits per heavy atom. The van der Waals surface area contributed by atoms with Gasteiger partial charge in [0.2, 0.25) is 0 Å². The minimum Gasteiger partial charge on any atom is -0.330 e. The number of rotatable bonds is 7. The molecular weight excluding hydrogens is 557 g/mol. The maximum atomic E-state index is 14.6. The number of alkyl halides is 1. The predicted molar refractivity (Wildman–Crippen MR) is 168 cm³/mol. The number of carbonyl (C=O) groups is 1. The van der Waals surface area contributed by atoms with Crippen LogP contribution in [0.4, 0.5) is 22.7 Å². The fourth-order valence-electron chi connectivity index (χ4n) is 5.57. The number of halogens is 1. The smallest absolute Gasteiger partial charge is 0.278 e. The van der Waals surface area contributed by atoms with Crippen LogP contribution in [0.3, 0.4) is 0 Å². The number of amides is 1. The van der Waals surface area contributed by atoms with Crippen LogP contribution >= 0.6 is 18.8 Å². The fourth-order valence-corrected chi connectivity index (χ4v) is 10.7. The van der Waals surface area contributed by atoms with E-state index in [1.165, 1.54) is 17.1 Å². The summed E-state index contributed by atoms with van der Waals surface area (Å²) >= 11 is 6.47. The van der Waals surface area contributed by atoms with Crippen molar-refractivity contribution in [1.29, 1.82) is 0 Å². The molecule has 41 heavy (non-hydrogen) atoms. The predicted octanol–water partition coefficient (Wildman–Crippen LogP) is 6.98. The summed E-state index contributed by atoms with van der Waals surface area (Å²) in [4.78, 5) is 25.7. The van der Waals surface area contributed by atoms with Gasteiger partial charge in [-0.1, -0.05) is 54.6 Å². The Kier molecular flexibility index (Phi) is 7.35. The Balaban J connectivity index is 1.71. The number of carbonyl (C=O) groups excluding carboxylic acids is 1. The van der Waals surface area contributed by atoms with E-state index in [9.17, 15) is 14.9 Å². The van der Waals surface area contributed by atoms with Crippen LogP contribution in [0.5, 0.6) is 0 Å². The Hall–Kier alpha value is -4.39. The first-order valence-electron chi connectivity index (χ1n) is 13.3. The summed E-state index contributed by atoms with van der Waals surface area (Å²) in [7, 11) is -2.93. The Bertz CT molecular complexity index is 1610. The van der Waals surface area contributed by atoms with Crippen molar-refractivity contribution < 1.29 is 9.72 Å². The molecule has 0 atom stereocenters. The number of hydrazone groups is 1. The number of hydrogen-bond acceptors (Lipinski definition) is 6. The number of hydrogen-bond donors (Lipinski definition) is 0. The maximum absolute atomic E-state index is 14.6. The lowest BCUT2D eigenvalue weighted by Crippen LogP contribution is -2.44. The Morgan fingerprint density at radius 1 is 0.756 bits per heavy atom. The van der Waals surface area contributed by atoms with Crippen LogP contribution in [0.15, 0.2) is 120 Å². The first kappa shape index (κ1) is 26.8. The highest BCUT2D eigenvalue weighted by Gasteiger charge is 2.51. The van der Waals surface area contributed by atoms with Crippen molar-refractivity contribution in [2.24, 2.45) is 5.10 Å². The molecule has 8 nitrogen and oxygen atoms in total. The summed E-state index contributed by atoms with van der Waals surface area (Å²) in [6.45, 7) is 1.31. The quantitative estimate of drug-likeness (QED) is 0.101. The minimum absolute atomic E-state index is 0.00949. The van der Waals surface area contributed by atoms with E-state index in [2.05, 4.69) is 33.6 Å².